The van der Waals surface area contributed by atoms with Crippen LogP contribution in [0.4, 0.5) is 11.5 Å². The number of para-hydroxylation sites is 1. The summed E-state index contributed by atoms with van der Waals surface area (Å²) in [7, 11) is 0. The molecule has 5 heterocycles. The molecule has 0 fully saturated rings. The van der Waals surface area contributed by atoms with E-state index in [0.29, 0.717) is 28.5 Å². The lowest BCUT2D eigenvalue weighted by Gasteiger charge is -2.21. The zero-order valence-electron chi connectivity index (χ0n) is 16.9. The SMILES string of the molecule is CC1Cc2cccc3c2N1C=CN=C3C1=C(c2cnn3c2NCCC3)C(=O)NC1=O.Cl. The number of benzene rings is 1. The van der Waals surface area contributed by atoms with Gasteiger partial charge >= 0.3 is 0 Å². The largest absolute Gasteiger partial charge is 0.370 e. The number of hydrogen-bond acceptors (Lipinski definition) is 6. The summed E-state index contributed by atoms with van der Waals surface area (Å²) in [5.74, 6) is -0.0567. The maximum atomic E-state index is 13.0. The molecule has 6 rings (SSSR count). The molecular formula is C22H21ClN6O2. The zero-order valence-corrected chi connectivity index (χ0v) is 17.7. The highest BCUT2D eigenvalue weighted by atomic mass is 35.5. The monoisotopic (exact) mass is 436 g/mol. The predicted molar refractivity (Wildman–Crippen MR) is 120 cm³/mol. The summed E-state index contributed by atoms with van der Waals surface area (Å²) < 4.78 is 1.85. The minimum atomic E-state index is -0.421. The number of carbonyl (C=O) groups excluding carboxylic acids is 2. The van der Waals surface area contributed by atoms with E-state index in [1.54, 1.807) is 12.4 Å². The van der Waals surface area contributed by atoms with Crippen molar-refractivity contribution in [2.24, 2.45) is 4.99 Å². The molecular weight excluding hydrogens is 416 g/mol. The second kappa shape index (κ2) is 7.09. The van der Waals surface area contributed by atoms with Gasteiger partial charge in [-0.2, -0.15) is 5.10 Å². The molecule has 8 nitrogen and oxygen atoms in total. The molecule has 4 aliphatic heterocycles. The van der Waals surface area contributed by atoms with Crippen molar-refractivity contribution >= 4 is 47.0 Å². The number of amides is 2. The van der Waals surface area contributed by atoms with Crippen molar-refractivity contribution in [3.05, 3.63) is 59.1 Å². The molecule has 1 aromatic carbocycles. The second-order valence-electron chi connectivity index (χ2n) is 7.99. The molecule has 0 bridgehead atoms. The number of aryl methyl sites for hydroxylation is 1. The number of aliphatic imine (C=N–C) groups is 1. The number of carbonyl (C=O) groups is 2. The highest BCUT2D eigenvalue weighted by Gasteiger charge is 2.39. The van der Waals surface area contributed by atoms with Gasteiger partial charge in [-0.1, -0.05) is 18.2 Å². The number of anilines is 2. The van der Waals surface area contributed by atoms with Gasteiger partial charge in [0.1, 0.15) is 5.82 Å². The van der Waals surface area contributed by atoms with Crippen LogP contribution in [0.3, 0.4) is 0 Å². The normalized spacial score (nSPS) is 21.1. The lowest BCUT2D eigenvalue weighted by molar-refractivity contribution is -0.123. The predicted octanol–water partition coefficient (Wildman–Crippen LogP) is 2.26. The molecule has 1 aromatic heterocycles. The second-order valence-corrected chi connectivity index (χ2v) is 7.99. The topological polar surface area (TPSA) is 91.6 Å². The van der Waals surface area contributed by atoms with Gasteiger partial charge in [0.05, 0.1) is 34.3 Å². The quantitative estimate of drug-likeness (QED) is 0.704. The van der Waals surface area contributed by atoms with E-state index in [4.69, 9.17) is 0 Å². The molecule has 31 heavy (non-hydrogen) atoms. The van der Waals surface area contributed by atoms with E-state index in [2.05, 4.69) is 38.6 Å². The van der Waals surface area contributed by atoms with Crippen LogP contribution in [0.15, 0.2) is 47.4 Å². The Morgan fingerprint density at radius 1 is 1.13 bits per heavy atom. The molecule has 0 spiro atoms. The minimum Gasteiger partial charge on any atom is -0.370 e. The third-order valence-corrected chi connectivity index (χ3v) is 6.17. The van der Waals surface area contributed by atoms with Gasteiger partial charge in [-0.25, -0.2) is 4.68 Å². The highest BCUT2D eigenvalue weighted by Crippen LogP contribution is 2.40. The van der Waals surface area contributed by atoms with E-state index in [9.17, 15) is 9.59 Å². The van der Waals surface area contributed by atoms with Crippen molar-refractivity contribution in [1.82, 2.24) is 15.1 Å². The third-order valence-electron chi connectivity index (χ3n) is 6.17. The summed E-state index contributed by atoms with van der Waals surface area (Å²) in [6.45, 7) is 3.75. The molecule has 2 amide bonds. The van der Waals surface area contributed by atoms with Crippen molar-refractivity contribution in [2.75, 3.05) is 16.8 Å². The van der Waals surface area contributed by atoms with Gasteiger partial charge in [0.15, 0.2) is 0 Å². The Morgan fingerprint density at radius 2 is 1.97 bits per heavy atom. The van der Waals surface area contributed by atoms with Crippen molar-refractivity contribution in [3.63, 3.8) is 0 Å². The first-order chi connectivity index (χ1) is 14.6. The summed E-state index contributed by atoms with van der Waals surface area (Å²) in [4.78, 5) is 32.7. The van der Waals surface area contributed by atoms with Crippen molar-refractivity contribution in [3.8, 4) is 0 Å². The Hall–Kier alpha value is -3.39. The number of nitrogens with zero attached hydrogens (tertiary/aromatic N) is 4. The summed E-state index contributed by atoms with van der Waals surface area (Å²) in [5, 5.41) is 10.2. The number of aromatic nitrogens is 2. The highest BCUT2D eigenvalue weighted by molar-refractivity contribution is 6.48. The third kappa shape index (κ3) is 2.75. The van der Waals surface area contributed by atoms with Gasteiger partial charge in [-0.3, -0.25) is 19.9 Å². The molecule has 158 valence electrons. The maximum absolute atomic E-state index is 13.0. The van der Waals surface area contributed by atoms with Gasteiger partial charge < -0.3 is 10.2 Å². The Labute approximate surface area is 185 Å². The fourth-order valence-corrected chi connectivity index (χ4v) is 4.86. The molecule has 4 aliphatic rings. The first-order valence-electron chi connectivity index (χ1n) is 10.2. The van der Waals surface area contributed by atoms with Crippen LogP contribution in [0.25, 0.3) is 5.57 Å². The number of hydrogen-bond donors (Lipinski definition) is 2. The standard InChI is InChI=1S/C22H20N6O2.ClH/c1-12-10-13-4-2-5-14-18(23-7-9-27(12)19(13)14)17-16(21(29)26-22(17)30)15-11-25-28-8-3-6-24-20(15)28;/h2,4-5,7,9,11-12,24H,3,6,8,10H2,1H3,(H,26,29,30);1H. The summed E-state index contributed by atoms with van der Waals surface area (Å²) >= 11 is 0. The average molecular weight is 437 g/mol. The van der Waals surface area contributed by atoms with Gasteiger partial charge in [0.2, 0.25) is 0 Å². The molecule has 9 heteroatoms. The van der Waals surface area contributed by atoms with Crippen molar-refractivity contribution < 1.29 is 9.59 Å². The van der Waals surface area contributed by atoms with Crippen LogP contribution >= 0.6 is 12.4 Å². The van der Waals surface area contributed by atoms with E-state index >= 15 is 0 Å². The number of nitrogens with one attached hydrogen (secondary N) is 2. The van der Waals surface area contributed by atoms with Crippen LogP contribution in [0.5, 0.6) is 0 Å². The van der Waals surface area contributed by atoms with Crippen molar-refractivity contribution in [1.29, 1.82) is 0 Å². The van der Waals surface area contributed by atoms with E-state index in [1.165, 1.54) is 5.56 Å². The molecule has 2 N–H and O–H groups in total. The van der Waals surface area contributed by atoms with E-state index in [0.717, 1.165) is 43.0 Å². The molecule has 1 atom stereocenters. The van der Waals surface area contributed by atoms with Crippen LogP contribution in [-0.2, 0) is 22.6 Å². The molecule has 2 aromatic rings. The lowest BCUT2D eigenvalue weighted by atomic mass is 9.93. The fourth-order valence-electron chi connectivity index (χ4n) is 4.86. The number of fused-ring (bicyclic) bond motifs is 1. The Bertz CT molecular complexity index is 1220. The summed E-state index contributed by atoms with van der Waals surface area (Å²) in [6, 6.07) is 6.39. The molecule has 0 saturated carbocycles. The van der Waals surface area contributed by atoms with Crippen LogP contribution in [-0.4, -0.2) is 39.9 Å². The number of rotatable bonds is 2. The summed E-state index contributed by atoms with van der Waals surface area (Å²) in [6.07, 6.45) is 7.22. The van der Waals surface area contributed by atoms with Gasteiger partial charge in [0.25, 0.3) is 11.8 Å². The maximum Gasteiger partial charge on any atom is 0.261 e. The Morgan fingerprint density at radius 3 is 2.84 bits per heavy atom. The molecule has 1 unspecified atom stereocenters. The van der Waals surface area contributed by atoms with Crippen LogP contribution in [0, 0.1) is 0 Å². The fraction of sp³-hybridized carbons (Fsp3) is 0.273. The number of imide groups is 1. The minimum absolute atomic E-state index is 0. The van der Waals surface area contributed by atoms with Crippen LogP contribution in [0.2, 0.25) is 0 Å². The Kier molecular flexibility index (Phi) is 4.48. The van der Waals surface area contributed by atoms with Crippen LogP contribution in [0.1, 0.15) is 30.0 Å². The molecule has 0 saturated heterocycles. The summed E-state index contributed by atoms with van der Waals surface area (Å²) in [5.41, 5.74) is 4.95. The van der Waals surface area contributed by atoms with E-state index < -0.39 is 11.8 Å². The first-order valence-corrected chi connectivity index (χ1v) is 10.2. The number of halogens is 1. The van der Waals surface area contributed by atoms with E-state index in [-0.39, 0.29) is 12.4 Å². The first kappa shape index (κ1) is 19.6. The molecule has 0 radical (unpaired) electrons. The van der Waals surface area contributed by atoms with Gasteiger partial charge in [-0.15, -0.1) is 12.4 Å². The van der Waals surface area contributed by atoms with Gasteiger partial charge in [0, 0.05) is 37.1 Å². The smallest absolute Gasteiger partial charge is 0.261 e. The van der Waals surface area contributed by atoms with Crippen molar-refractivity contribution in [2.45, 2.75) is 32.4 Å². The lowest BCUT2D eigenvalue weighted by Crippen LogP contribution is -2.26. The average Bonchev–Trinajstić information content (AvgIpc) is 3.33. The van der Waals surface area contributed by atoms with E-state index in [1.807, 2.05) is 23.0 Å². The van der Waals surface area contributed by atoms with Crippen LogP contribution < -0.4 is 15.5 Å². The zero-order chi connectivity index (χ0) is 20.4. The van der Waals surface area contributed by atoms with Gasteiger partial charge in [-0.05, 0) is 25.3 Å². The molecule has 0 aliphatic carbocycles. The Balaban J connectivity index is 0.00000204.